The summed E-state index contributed by atoms with van der Waals surface area (Å²) in [6, 6.07) is 10.6. The van der Waals surface area contributed by atoms with Crippen molar-refractivity contribution in [3.63, 3.8) is 0 Å². The van der Waals surface area contributed by atoms with Crippen LogP contribution in [0.2, 0.25) is 0 Å². The van der Waals surface area contributed by atoms with E-state index < -0.39 is 0 Å². The molecule has 0 fully saturated rings. The van der Waals surface area contributed by atoms with Gasteiger partial charge in [0.2, 0.25) is 0 Å². The van der Waals surface area contributed by atoms with Crippen molar-refractivity contribution in [3.8, 4) is 11.5 Å². The van der Waals surface area contributed by atoms with Crippen molar-refractivity contribution in [1.82, 2.24) is 20.7 Å². The van der Waals surface area contributed by atoms with Crippen LogP contribution in [0.1, 0.15) is 21.8 Å². The van der Waals surface area contributed by atoms with Crippen molar-refractivity contribution in [1.29, 1.82) is 0 Å². The summed E-state index contributed by atoms with van der Waals surface area (Å²) >= 11 is 0. The van der Waals surface area contributed by atoms with E-state index in [1.165, 1.54) is 0 Å². The Labute approximate surface area is 162 Å². The summed E-state index contributed by atoms with van der Waals surface area (Å²) < 4.78 is 15.5. The first-order chi connectivity index (χ1) is 13.6. The minimum Gasteiger partial charge on any atom is -0.493 e. The van der Waals surface area contributed by atoms with E-state index in [2.05, 4.69) is 26.0 Å². The number of nitrogens with zero attached hydrogens (tertiary/aromatic N) is 3. The normalized spacial score (nSPS) is 10.4. The molecule has 1 aromatic carbocycles. The quantitative estimate of drug-likeness (QED) is 0.610. The molecule has 0 aliphatic carbocycles. The molecule has 2 heterocycles. The Kier molecular flexibility index (Phi) is 6.05. The minimum atomic E-state index is -0.295. The van der Waals surface area contributed by atoms with E-state index in [0.29, 0.717) is 41.9 Å². The number of ether oxygens (including phenoxy) is 2. The first-order valence-electron chi connectivity index (χ1n) is 8.62. The third kappa shape index (κ3) is 4.76. The van der Waals surface area contributed by atoms with Crippen LogP contribution in [-0.4, -0.2) is 42.0 Å². The van der Waals surface area contributed by atoms with Crippen molar-refractivity contribution in [2.75, 3.05) is 26.1 Å². The average Bonchev–Trinajstić information content (AvgIpc) is 3.12. The lowest BCUT2D eigenvalue weighted by Gasteiger charge is -2.10. The molecule has 0 saturated carbocycles. The van der Waals surface area contributed by atoms with Crippen molar-refractivity contribution in [2.45, 2.75) is 13.3 Å². The largest absolute Gasteiger partial charge is 0.493 e. The second-order valence-electron chi connectivity index (χ2n) is 5.95. The van der Waals surface area contributed by atoms with Crippen LogP contribution in [0.25, 0.3) is 0 Å². The molecule has 2 N–H and O–H groups in total. The second-order valence-corrected chi connectivity index (χ2v) is 5.95. The fourth-order valence-electron chi connectivity index (χ4n) is 2.52. The van der Waals surface area contributed by atoms with E-state index in [1.54, 1.807) is 39.3 Å². The molecular weight excluding hydrogens is 362 g/mol. The highest BCUT2D eigenvalue weighted by atomic mass is 16.5. The summed E-state index contributed by atoms with van der Waals surface area (Å²) in [6.45, 7) is 2.24. The lowest BCUT2D eigenvalue weighted by atomic mass is 10.1. The molecule has 2 aromatic heterocycles. The van der Waals surface area contributed by atoms with Crippen molar-refractivity contribution >= 4 is 17.5 Å². The number of aryl methyl sites for hydroxylation is 1. The summed E-state index contributed by atoms with van der Waals surface area (Å²) in [7, 11) is 3.18. The zero-order valence-electron chi connectivity index (χ0n) is 15.9. The van der Waals surface area contributed by atoms with E-state index >= 15 is 0 Å². The van der Waals surface area contributed by atoms with Gasteiger partial charge in [0.05, 0.1) is 14.2 Å². The van der Waals surface area contributed by atoms with Gasteiger partial charge < -0.3 is 24.6 Å². The fraction of sp³-hybridized carbons (Fsp3) is 0.263. The number of carbonyl (C=O) groups excluding carboxylic acids is 1. The van der Waals surface area contributed by atoms with Gasteiger partial charge in [-0.2, -0.15) is 0 Å². The van der Waals surface area contributed by atoms with Crippen molar-refractivity contribution < 1.29 is 18.8 Å². The molecule has 9 heteroatoms. The molecule has 146 valence electrons. The van der Waals surface area contributed by atoms with E-state index in [-0.39, 0.29) is 11.6 Å². The van der Waals surface area contributed by atoms with Gasteiger partial charge in [0.1, 0.15) is 5.76 Å². The Bertz CT molecular complexity index is 940. The van der Waals surface area contributed by atoms with Gasteiger partial charge in [-0.05, 0) is 43.2 Å². The third-order valence-electron chi connectivity index (χ3n) is 3.93. The van der Waals surface area contributed by atoms with Gasteiger partial charge in [0.15, 0.2) is 28.8 Å². The highest BCUT2D eigenvalue weighted by Gasteiger charge is 2.10. The van der Waals surface area contributed by atoms with Crippen LogP contribution in [-0.2, 0) is 6.42 Å². The monoisotopic (exact) mass is 383 g/mol. The predicted molar refractivity (Wildman–Crippen MR) is 102 cm³/mol. The molecule has 0 spiro atoms. The first-order valence-corrected chi connectivity index (χ1v) is 8.62. The summed E-state index contributed by atoms with van der Waals surface area (Å²) in [5, 5.41) is 17.5. The predicted octanol–water partition coefficient (Wildman–Crippen LogP) is 2.51. The van der Waals surface area contributed by atoms with Gasteiger partial charge in [-0.15, -0.1) is 10.2 Å². The molecule has 0 atom stereocenters. The highest BCUT2D eigenvalue weighted by molar-refractivity contribution is 5.92. The highest BCUT2D eigenvalue weighted by Crippen LogP contribution is 2.27. The maximum Gasteiger partial charge on any atom is 0.271 e. The van der Waals surface area contributed by atoms with E-state index in [0.717, 1.165) is 5.56 Å². The van der Waals surface area contributed by atoms with E-state index in [4.69, 9.17) is 14.0 Å². The molecule has 0 aliphatic heterocycles. The molecule has 0 unspecified atom stereocenters. The summed E-state index contributed by atoms with van der Waals surface area (Å²) in [4.78, 5) is 12.2. The smallest absolute Gasteiger partial charge is 0.271 e. The number of benzene rings is 1. The SMILES string of the molecule is COc1ccc(CCNC(=O)c2ccc(Nc3cc(C)on3)nn2)cc1OC. The van der Waals surface area contributed by atoms with Gasteiger partial charge in [0.25, 0.3) is 5.91 Å². The Balaban J connectivity index is 1.52. The first kappa shape index (κ1) is 19.2. The maximum absolute atomic E-state index is 12.2. The lowest BCUT2D eigenvalue weighted by molar-refractivity contribution is 0.0948. The number of hydrogen-bond donors (Lipinski definition) is 2. The van der Waals surface area contributed by atoms with Crippen LogP contribution in [0.4, 0.5) is 11.6 Å². The Morgan fingerprint density at radius 3 is 2.50 bits per heavy atom. The summed E-state index contributed by atoms with van der Waals surface area (Å²) in [6.07, 6.45) is 0.644. The molecule has 3 aromatic rings. The maximum atomic E-state index is 12.2. The third-order valence-corrected chi connectivity index (χ3v) is 3.93. The van der Waals surface area contributed by atoms with Crippen LogP contribution in [0.5, 0.6) is 11.5 Å². The number of hydrogen-bond acceptors (Lipinski definition) is 8. The summed E-state index contributed by atoms with van der Waals surface area (Å²) in [5.74, 6) is 2.70. The van der Waals surface area contributed by atoms with Crippen LogP contribution in [0.3, 0.4) is 0 Å². The number of aromatic nitrogens is 3. The van der Waals surface area contributed by atoms with Crippen LogP contribution in [0.15, 0.2) is 40.9 Å². The van der Waals surface area contributed by atoms with Crippen molar-refractivity contribution in [3.05, 3.63) is 53.4 Å². The molecule has 1 amide bonds. The van der Waals surface area contributed by atoms with Crippen LogP contribution < -0.4 is 20.1 Å². The minimum absolute atomic E-state index is 0.231. The zero-order valence-corrected chi connectivity index (χ0v) is 15.9. The summed E-state index contributed by atoms with van der Waals surface area (Å²) in [5.41, 5.74) is 1.25. The van der Waals surface area contributed by atoms with E-state index in [9.17, 15) is 4.79 Å². The number of carbonyl (C=O) groups is 1. The molecule has 0 radical (unpaired) electrons. The van der Waals surface area contributed by atoms with Gasteiger partial charge in [-0.1, -0.05) is 11.2 Å². The average molecular weight is 383 g/mol. The fourth-order valence-corrected chi connectivity index (χ4v) is 2.52. The number of nitrogens with one attached hydrogen (secondary N) is 2. The Morgan fingerprint density at radius 2 is 1.86 bits per heavy atom. The molecule has 3 rings (SSSR count). The van der Waals surface area contributed by atoms with Gasteiger partial charge in [-0.25, -0.2) is 0 Å². The zero-order chi connectivity index (χ0) is 19.9. The molecular formula is C19H21N5O4. The molecule has 0 saturated heterocycles. The second kappa shape index (κ2) is 8.85. The van der Waals surface area contributed by atoms with Gasteiger partial charge in [0, 0.05) is 12.6 Å². The molecule has 0 bridgehead atoms. The standard InChI is InChI=1S/C19H21N5O4/c1-12-10-18(24-28-12)21-17-7-5-14(22-23-17)19(25)20-9-8-13-4-6-15(26-2)16(11-13)27-3/h4-7,10-11H,8-9H2,1-3H3,(H,20,25)(H,21,23,24). The molecule has 28 heavy (non-hydrogen) atoms. The van der Waals surface area contributed by atoms with E-state index in [1.807, 2.05) is 18.2 Å². The molecule has 9 nitrogen and oxygen atoms in total. The molecule has 0 aliphatic rings. The number of methoxy groups -OCH3 is 2. The topological polar surface area (TPSA) is 111 Å². The van der Waals surface area contributed by atoms with Crippen LogP contribution >= 0.6 is 0 Å². The van der Waals surface area contributed by atoms with Gasteiger partial charge in [-0.3, -0.25) is 4.79 Å². The number of rotatable bonds is 8. The number of amides is 1. The van der Waals surface area contributed by atoms with Crippen LogP contribution in [0, 0.1) is 6.92 Å². The van der Waals surface area contributed by atoms with Gasteiger partial charge >= 0.3 is 0 Å². The Hall–Kier alpha value is -3.62. The Morgan fingerprint density at radius 1 is 1.04 bits per heavy atom. The lowest BCUT2D eigenvalue weighted by Crippen LogP contribution is -2.26. The van der Waals surface area contributed by atoms with Crippen molar-refractivity contribution in [2.24, 2.45) is 0 Å². The number of anilines is 2.